The van der Waals surface area contributed by atoms with Crippen LogP contribution in [0.4, 0.5) is 0 Å². The van der Waals surface area contributed by atoms with Crippen LogP contribution < -0.4 is 0 Å². The van der Waals surface area contributed by atoms with Crippen molar-refractivity contribution in [1.29, 1.82) is 0 Å². The van der Waals surface area contributed by atoms with Gasteiger partial charge in [-0.3, -0.25) is 4.79 Å². The van der Waals surface area contributed by atoms with Crippen LogP contribution in [0.15, 0.2) is 22.6 Å². The van der Waals surface area contributed by atoms with Gasteiger partial charge in [0, 0.05) is 17.6 Å². The Kier molecular flexibility index (Phi) is 3.99. The fraction of sp³-hybridized carbons (Fsp3) is 0.583. The molecule has 0 radical (unpaired) electrons. The van der Waals surface area contributed by atoms with Gasteiger partial charge in [-0.25, -0.2) is 0 Å². The molecule has 1 rings (SSSR count). The van der Waals surface area contributed by atoms with Crippen molar-refractivity contribution >= 4 is 17.5 Å². The lowest BCUT2D eigenvalue weighted by Crippen LogP contribution is -2.22. The normalized spacial score (nSPS) is 30.6. The van der Waals surface area contributed by atoms with Gasteiger partial charge in [-0.15, -0.1) is 11.8 Å². The van der Waals surface area contributed by atoms with Gasteiger partial charge in [0.2, 0.25) is 0 Å². The summed E-state index contributed by atoms with van der Waals surface area (Å²) in [6, 6.07) is 0. The highest BCUT2D eigenvalue weighted by Crippen LogP contribution is 2.36. The smallest absolute Gasteiger partial charge is 0.141 e. The molecule has 1 unspecified atom stereocenters. The van der Waals surface area contributed by atoms with E-state index in [0.29, 0.717) is 11.0 Å². The van der Waals surface area contributed by atoms with E-state index in [2.05, 4.69) is 32.9 Å². The molecule has 0 amide bonds. The van der Waals surface area contributed by atoms with Crippen molar-refractivity contribution in [3.05, 3.63) is 22.6 Å². The summed E-state index contributed by atoms with van der Waals surface area (Å²) in [6.07, 6.45) is 4.90. The summed E-state index contributed by atoms with van der Waals surface area (Å²) in [7, 11) is 0. The largest absolute Gasteiger partial charge is 0.299 e. The van der Waals surface area contributed by atoms with Gasteiger partial charge >= 0.3 is 0 Å². The van der Waals surface area contributed by atoms with E-state index < -0.39 is 0 Å². The Hall–Kier alpha value is -0.500. The van der Waals surface area contributed by atoms with Gasteiger partial charge in [0.25, 0.3) is 0 Å². The molecule has 2 heteroatoms. The quantitative estimate of drug-likeness (QED) is 0.658. The van der Waals surface area contributed by atoms with Gasteiger partial charge in [-0.05, 0) is 18.8 Å². The van der Waals surface area contributed by atoms with E-state index in [-0.39, 0.29) is 5.92 Å². The Morgan fingerprint density at radius 3 is 2.64 bits per heavy atom. The third kappa shape index (κ3) is 3.02. The predicted octanol–water partition coefficient (Wildman–Crippen LogP) is 3.57. The second-order valence-electron chi connectivity index (χ2n) is 4.13. The van der Waals surface area contributed by atoms with Crippen molar-refractivity contribution in [2.45, 2.75) is 39.4 Å². The summed E-state index contributed by atoms with van der Waals surface area (Å²) >= 11 is 1.84. The molecule has 0 aromatic heterocycles. The van der Waals surface area contributed by atoms with E-state index in [4.69, 9.17) is 0 Å². The Labute approximate surface area is 90.7 Å². The van der Waals surface area contributed by atoms with E-state index in [1.54, 1.807) is 0 Å². The summed E-state index contributed by atoms with van der Waals surface area (Å²) < 4.78 is 0. The van der Waals surface area contributed by atoms with Crippen molar-refractivity contribution in [2.24, 2.45) is 5.92 Å². The molecule has 0 aromatic carbocycles. The number of carbonyl (C=O) groups excluding carboxylic acids is 1. The molecule has 1 saturated heterocycles. The number of hydrogen-bond acceptors (Lipinski definition) is 2. The summed E-state index contributed by atoms with van der Waals surface area (Å²) in [5, 5.41) is 0.440. The van der Waals surface area contributed by atoms with E-state index in [1.165, 1.54) is 10.5 Å². The maximum atomic E-state index is 11.6. The minimum Gasteiger partial charge on any atom is -0.299 e. The molecule has 2 atom stereocenters. The summed E-state index contributed by atoms with van der Waals surface area (Å²) in [6.45, 7) is 8.26. The molecular formula is C12H18OS. The van der Waals surface area contributed by atoms with Crippen molar-refractivity contribution in [3.8, 4) is 0 Å². The minimum atomic E-state index is 0.104. The lowest BCUT2D eigenvalue weighted by molar-refractivity contribution is -0.121. The molecule has 0 aromatic rings. The van der Waals surface area contributed by atoms with Crippen molar-refractivity contribution < 1.29 is 4.79 Å². The Bertz CT molecular complexity index is 285. The van der Waals surface area contributed by atoms with Crippen LogP contribution in [-0.4, -0.2) is 11.0 Å². The van der Waals surface area contributed by atoms with Crippen LogP contribution in [0.5, 0.6) is 0 Å². The van der Waals surface area contributed by atoms with Gasteiger partial charge in [0.05, 0.1) is 0 Å². The molecule has 1 aliphatic rings. The first-order chi connectivity index (χ1) is 6.50. The number of carbonyl (C=O) groups is 1. The average molecular weight is 210 g/mol. The Balaban J connectivity index is 2.81. The Morgan fingerprint density at radius 2 is 2.07 bits per heavy atom. The maximum absolute atomic E-state index is 11.6. The first-order valence-corrected chi connectivity index (χ1v) is 5.93. The molecule has 1 aliphatic heterocycles. The molecular weight excluding hydrogens is 192 g/mol. The number of ketones is 1. The third-order valence-corrected chi connectivity index (χ3v) is 3.65. The fourth-order valence-corrected chi connectivity index (χ4v) is 2.62. The highest BCUT2D eigenvalue weighted by Gasteiger charge is 2.26. The molecule has 14 heavy (non-hydrogen) atoms. The summed E-state index contributed by atoms with van der Waals surface area (Å²) in [4.78, 5) is 12.8. The van der Waals surface area contributed by atoms with Crippen LogP contribution in [0.3, 0.4) is 0 Å². The van der Waals surface area contributed by atoms with Crippen LogP contribution in [0.2, 0.25) is 0 Å². The number of hydrogen-bond donors (Lipinski definition) is 0. The lowest BCUT2D eigenvalue weighted by atomic mass is 10.0. The Morgan fingerprint density at radius 1 is 1.43 bits per heavy atom. The lowest BCUT2D eigenvalue weighted by Gasteiger charge is -2.24. The third-order valence-electron chi connectivity index (χ3n) is 2.32. The zero-order valence-electron chi connectivity index (χ0n) is 9.33. The molecule has 0 bridgehead atoms. The van der Waals surface area contributed by atoms with Gasteiger partial charge in [0.15, 0.2) is 0 Å². The SMILES string of the molecule is CC(C)=C/C=C1/SC(C)CC(=O)[C@H]1C. The fourth-order valence-electron chi connectivity index (χ4n) is 1.43. The van der Waals surface area contributed by atoms with E-state index in [9.17, 15) is 4.79 Å². The van der Waals surface area contributed by atoms with Gasteiger partial charge in [-0.1, -0.05) is 31.6 Å². The first kappa shape index (κ1) is 11.6. The van der Waals surface area contributed by atoms with Crippen molar-refractivity contribution in [1.82, 2.24) is 0 Å². The van der Waals surface area contributed by atoms with Crippen LogP contribution in [0.25, 0.3) is 0 Å². The molecule has 78 valence electrons. The summed E-state index contributed by atoms with van der Waals surface area (Å²) in [5.41, 5.74) is 1.27. The van der Waals surface area contributed by atoms with E-state index in [0.717, 1.165) is 6.42 Å². The zero-order valence-corrected chi connectivity index (χ0v) is 10.1. The van der Waals surface area contributed by atoms with Gasteiger partial charge in [0.1, 0.15) is 5.78 Å². The maximum Gasteiger partial charge on any atom is 0.141 e. The van der Waals surface area contributed by atoms with Crippen LogP contribution >= 0.6 is 11.8 Å². The van der Waals surface area contributed by atoms with Gasteiger partial charge in [-0.2, -0.15) is 0 Å². The van der Waals surface area contributed by atoms with Crippen molar-refractivity contribution in [2.75, 3.05) is 0 Å². The highest BCUT2D eigenvalue weighted by molar-refractivity contribution is 8.03. The van der Waals surface area contributed by atoms with Crippen LogP contribution in [0.1, 0.15) is 34.1 Å². The number of thioether (sulfide) groups is 1. The second-order valence-corrected chi connectivity index (χ2v) is 5.65. The van der Waals surface area contributed by atoms with E-state index in [1.807, 2.05) is 18.7 Å². The average Bonchev–Trinajstić information content (AvgIpc) is 2.08. The molecule has 1 fully saturated rings. The number of Topliss-reactive ketones (excluding diaryl/α,β-unsaturated/α-hetero) is 1. The molecule has 1 heterocycles. The molecule has 0 saturated carbocycles. The standard InChI is InChI=1S/C12H18OS/c1-8(2)5-6-12-10(4)11(13)7-9(3)14-12/h5-6,9-10H,7H2,1-4H3/b12-6+/t9?,10-/m1/s1. The monoisotopic (exact) mass is 210 g/mol. The minimum absolute atomic E-state index is 0.104. The van der Waals surface area contributed by atoms with Crippen LogP contribution in [0, 0.1) is 5.92 Å². The molecule has 0 aliphatic carbocycles. The zero-order chi connectivity index (χ0) is 10.7. The molecule has 0 spiro atoms. The molecule has 1 nitrogen and oxygen atoms in total. The van der Waals surface area contributed by atoms with Gasteiger partial charge < -0.3 is 0 Å². The number of allylic oxidation sites excluding steroid dienone is 4. The van der Waals surface area contributed by atoms with E-state index >= 15 is 0 Å². The second kappa shape index (κ2) is 4.83. The predicted molar refractivity (Wildman–Crippen MR) is 63.4 cm³/mol. The summed E-state index contributed by atoms with van der Waals surface area (Å²) in [5.74, 6) is 0.483. The van der Waals surface area contributed by atoms with Crippen molar-refractivity contribution in [3.63, 3.8) is 0 Å². The van der Waals surface area contributed by atoms with Crippen LogP contribution in [-0.2, 0) is 4.79 Å². The first-order valence-electron chi connectivity index (χ1n) is 5.05. The topological polar surface area (TPSA) is 17.1 Å². The number of rotatable bonds is 1. The highest BCUT2D eigenvalue weighted by atomic mass is 32.2. The molecule has 0 N–H and O–H groups in total.